The van der Waals surface area contributed by atoms with Crippen LogP contribution in [-0.4, -0.2) is 48.5 Å². The molecule has 1 aliphatic heterocycles. The highest BCUT2D eigenvalue weighted by atomic mass is 19.2. The molecular weight excluding hydrogens is 324 g/mol. The molecular formula is C15H17F2N3O4. The second-order valence-electron chi connectivity index (χ2n) is 5.12. The summed E-state index contributed by atoms with van der Waals surface area (Å²) < 4.78 is 31.7. The maximum atomic E-state index is 13.5. The van der Waals surface area contributed by atoms with Crippen LogP contribution in [0.4, 0.5) is 19.3 Å². The molecule has 1 heterocycles. The number of hydrogen-bond donors (Lipinski definition) is 2. The van der Waals surface area contributed by atoms with E-state index in [1.807, 2.05) is 0 Å². The Morgan fingerprint density at radius 3 is 2.71 bits per heavy atom. The number of piperazine rings is 1. The van der Waals surface area contributed by atoms with Crippen molar-refractivity contribution in [3.05, 3.63) is 29.3 Å². The fraction of sp³-hybridized carbons (Fsp3) is 0.400. The number of nitrogens with one attached hydrogen (secondary N) is 2. The van der Waals surface area contributed by atoms with Gasteiger partial charge in [0.15, 0.2) is 11.6 Å². The first-order valence-corrected chi connectivity index (χ1v) is 7.36. The first-order chi connectivity index (χ1) is 11.3. The summed E-state index contributed by atoms with van der Waals surface area (Å²) in [4.78, 5) is 37.0. The van der Waals surface area contributed by atoms with Crippen LogP contribution >= 0.6 is 0 Å². The van der Waals surface area contributed by atoms with E-state index in [4.69, 9.17) is 4.74 Å². The number of halogens is 2. The van der Waals surface area contributed by atoms with Crippen LogP contribution in [0.1, 0.15) is 24.2 Å². The van der Waals surface area contributed by atoms with E-state index in [0.29, 0.717) is 12.1 Å². The SMILES string of the molecule is CCOC(=O)c1cc(F)c(F)cc1NC(=O)N1CCNC(=O)[C@@H]1C. The second-order valence-corrected chi connectivity index (χ2v) is 5.12. The first kappa shape index (κ1) is 17.6. The predicted octanol–water partition coefficient (Wildman–Crippen LogP) is 1.49. The number of hydrogen-bond acceptors (Lipinski definition) is 4. The van der Waals surface area contributed by atoms with Gasteiger partial charge in [0.25, 0.3) is 0 Å². The molecule has 9 heteroatoms. The van der Waals surface area contributed by atoms with Gasteiger partial charge in [0.2, 0.25) is 5.91 Å². The van der Waals surface area contributed by atoms with Crippen molar-refractivity contribution in [2.45, 2.75) is 19.9 Å². The summed E-state index contributed by atoms with van der Waals surface area (Å²) in [6.45, 7) is 3.65. The number of carbonyl (C=O) groups is 3. The van der Waals surface area contributed by atoms with E-state index in [1.165, 1.54) is 11.8 Å². The molecule has 0 aliphatic carbocycles. The molecule has 2 N–H and O–H groups in total. The summed E-state index contributed by atoms with van der Waals surface area (Å²) in [6, 6.07) is -0.0623. The van der Waals surface area contributed by atoms with Gasteiger partial charge in [-0.05, 0) is 19.9 Å². The summed E-state index contributed by atoms with van der Waals surface area (Å²) in [5.41, 5.74) is -0.534. The molecule has 1 atom stereocenters. The molecule has 7 nitrogen and oxygen atoms in total. The Labute approximate surface area is 136 Å². The number of rotatable bonds is 3. The van der Waals surface area contributed by atoms with Gasteiger partial charge in [0.05, 0.1) is 17.9 Å². The third-order valence-corrected chi connectivity index (χ3v) is 3.56. The average Bonchev–Trinajstić information content (AvgIpc) is 2.53. The molecule has 1 aromatic rings. The minimum Gasteiger partial charge on any atom is -0.462 e. The van der Waals surface area contributed by atoms with Crippen LogP contribution < -0.4 is 10.6 Å². The zero-order valence-electron chi connectivity index (χ0n) is 13.2. The van der Waals surface area contributed by atoms with Crippen molar-refractivity contribution in [1.82, 2.24) is 10.2 Å². The normalized spacial score (nSPS) is 17.2. The highest BCUT2D eigenvalue weighted by Crippen LogP contribution is 2.22. The van der Waals surface area contributed by atoms with E-state index in [-0.39, 0.29) is 36.9 Å². The molecule has 0 aromatic heterocycles. The highest BCUT2D eigenvalue weighted by Gasteiger charge is 2.30. The van der Waals surface area contributed by atoms with Gasteiger partial charge in [-0.15, -0.1) is 0 Å². The van der Waals surface area contributed by atoms with Gasteiger partial charge in [-0.25, -0.2) is 18.4 Å². The zero-order chi connectivity index (χ0) is 17.9. The number of carbonyl (C=O) groups excluding carboxylic acids is 3. The van der Waals surface area contributed by atoms with Gasteiger partial charge in [0, 0.05) is 19.2 Å². The van der Waals surface area contributed by atoms with Crippen molar-refractivity contribution in [2.24, 2.45) is 0 Å². The lowest BCUT2D eigenvalue weighted by Gasteiger charge is -2.32. The number of urea groups is 1. The van der Waals surface area contributed by atoms with Gasteiger partial charge in [-0.3, -0.25) is 4.79 Å². The summed E-state index contributed by atoms with van der Waals surface area (Å²) >= 11 is 0. The molecule has 24 heavy (non-hydrogen) atoms. The molecule has 0 spiro atoms. The largest absolute Gasteiger partial charge is 0.462 e. The lowest BCUT2D eigenvalue weighted by atomic mass is 10.1. The maximum absolute atomic E-state index is 13.5. The number of benzene rings is 1. The Morgan fingerprint density at radius 2 is 2.04 bits per heavy atom. The quantitative estimate of drug-likeness (QED) is 0.816. The summed E-state index contributed by atoms with van der Waals surface area (Å²) in [7, 11) is 0. The van der Waals surface area contributed by atoms with E-state index in [9.17, 15) is 23.2 Å². The Hall–Kier alpha value is -2.71. The Bertz CT molecular complexity index is 681. The first-order valence-electron chi connectivity index (χ1n) is 7.36. The van der Waals surface area contributed by atoms with Crippen molar-refractivity contribution < 1.29 is 27.9 Å². The van der Waals surface area contributed by atoms with E-state index in [0.717, 1.165) is 0 Å². The van der Waals surface area contributed by atoms with Crippen molar-refractivity contribution >= 4 is 23.6 Å². The minimum atomic E-state index is -1.23. The van der Waals surface area contributed by atoms with Gasteiger partial charge in [0.1, 0.15) is 6.04 Å². The van der Waals surface area contributed by atoms with Crippen LogP contribution in [0.3, 0.4) is 0 Å². The molecule has 1 fully saturated rings. The third-order valence-electron chi connectivity index (χ3n) is 3.56. The molecule has 2 rings (SSSR count). The van der Waals surface area contributed by atoms with E-state index >= 15 is 0 Å². The third kappa shape index (κ3) is 3.61. The number of amides is 3. The van der Waals surface area contributed by atoms with Crippen molar-refractivity contribution in [1.29, 1.82) is 0 Å². The lowest BCUT2D eigenvalue weighted by molar-refractivity contribution is -0.126. The molecule has 1 aromatic carbocycles. The van der Waals surface area contributed by atoms with Crippen LogP contribution in [0, 0.1) is 11.6 Å². The van der Waals surface area contributed by atoms with Gasteiger partial charge in [-0.1, -0.05) is 0 Å². The number of esters is 1. The molecule has 0 radical (unpaired) electrons. The van der Waals surface area contributed by atoms with E-state index in [1.54, 1.807) is 6.92 Å². The van der Waals surface area contributed by atoms with Crippen LogP contribution in [0.2, 0.25) is 0 Å². The summed E-state index contributed by atoms with van der Waals surface area (Å²) in [5, 5.41) is 4.94. The molecule has 1 saturated heterocycles. The zero-order valence-corrected chi connectivity index (χ0v) is 13.2. The predicted molar refractivity (Wildman–Crippen MR) is 80.5 cm³/mol. The summed E-state index contributed by atoms with van der Waals surface area (Å²) in [6.07, 6.45) is 0. The lowest BCUT2D eigenvalue weighted by Crippen LogP contribution is -2.56. The Kier molecular flexibility index (Phi) is 5.32. The fourth-order valence-electron chi connectivity index (χ4n) is 2.27. The molecule has 130 valence electrons. The summed E-state index contributed by atoms with van der Waals surface area (Å²) in [5.74, 6) is -3.67. The van der Waals surface area contributed by atoms with Gasteiger partial charge in [-0.2, -0.15) is 0 Å². The molecule has 1 aliphatic rings. The molecule has 0 bridgehead atoms. The topological polar surface area (TPSA) is 87.7 Å². The number of nitrogens with zero attached hydrogens (tertiary/aromatic N) is 1. The molecule has 0 saturated carbocycles. The average molecular weight is 341 g/mol. The second kappa shape index (κ2) is 7.24. The van der Waals surface area contributed by atoms with E-state index < -0.39 is 29.7 Å². The molecule has 0 unspecified atom stereocenters. The number of ether oxygens (including phenoxy) is 1. The van der Waals surface area contributed by atoms with Gasteiger partial charge >= 0.3 is 12.0 Å². The van der Waals surface area contributed by atoms with Crippen molar-refractivity contribution in [3.8, 4) is 0 Å². The smallest absolute Gasteiger partial charge is 0.340 e. The standard InChI is InChI=1S/C15H17F2N3O4/c1-3-24-14(22)9-6-10(16)11(17)7-12(9)19-15(23)20-5-4-18-13(21)8(20)2/h6-8H,3-5H2,1-2H3,(H,18,21)(H,19,23)/t8-/m0/s1. The monoisotopic (exact) mass is 341 g/mol. The van der Waals surface area contributed by atoms with Crippen LogP contribution in [0.15, 0.2) is 12.1 Å². The van der Waals surface area contributed by atoms with Crippen molar-refractivity contribution in [3.63, 3.8) is 0 Å². The fourth-order valence-corrected chi connectivity index (χ4v) is 2.27. The number of anilines is 1. The van der Waals surface area contributed by atoms with Crippen molar-refractivity contribution in [2.75, 3.05) is 25.0 Å². The molecule has 3 amide bonds. The van der Waals surface area contributed by atoms with Crippen LogP contribution in [0.25, 0.3) is 0 Å². The highest BCUT2D eigenvalue weighted by molar-refractivity contribution is 6.02. The van der Waals surface area contributed by atoms with Crippen LogP contribution in [-0.2, 0) is 9.53 Å². The van der Waals surface area contributed by atoms with E-state index in [2.05, 4.69) is 10.6 Å². The Balaban J connectivity index is 2.27. The Morgan fingerprint density at radius 1 is 1.38 bits per heavy atom. The van der Waals surface area contributed by atoms with Gasteiger partial charge < -0.3 is 20.3 Å². The minimum absolute atomic E-state index is 0.0363. The maximum Gasteiger partial charge on any atom is 0.340 e. The van der Waals surface area contributed by atoms with Crippen LogP contribution in [0.5, 0.6) is 0 Å².